The van der Waals surface area contributed by atoms with Gasteiger partial charge in [-0.1, -0.05) is 60.7 Å². The predicted molar refractivity (Wildman–Crippen MR) is 118 cm³/mol. The van der Waals surface area contributed by atoms with Gasteiger partial charge in [-0.05, 0) is 29.3 Å². The Bertz CT molecular complexity index is 1060. The van der Waals surface area contributed by atoms with E-state index in [0.717, 1.165) is 11.1 Å². The van der Waals surface area contributed by atoms with Crippen molar-refractivity contribution in [2.24, 2.45) is 5.73 Å². The summed E-state index contributed by atoms with van der Waals surface area (Å²) in [4.78, 5) is 0. The maximum absolute atomic E-state index is 13.1. The monoisotopic (exact) mass is 426 g/mol. The highest BCUT2D eigenvalue weighted by Gasteiger charge is 2.27. The quantitative estimate of drug-likeness (QED) is 0.546. The van der Waals surface area contributed by atoms with Crippen LogP contribution in [-0.2, 0) is 15.8 Å². The summed E-state index contributed by atoms with van der Waals surface area (Å²) in [6, 6.07) is 22.6. The molecule has 30 heavy (non-hydrogen) atoms. The lowest BCUT2D eigenvalue weighted by molar-refractivity contribution is 0.399. The predicted octanol–water partition coefficient (Wildman–Crippen LogP) is 3.56. The maximum Gasteiger partial charge on any atom is 0.216 e. The van der Waals surface area contributed by atoms with Gasteiger partial charge in [-0.2, -0.15) is 0 Å². The molecule has 2 unspecified atom stereocenters. The number of rotatable bonds is 9. The Balaban J connectivity index is 1.92. The van der Waals surface area contributed by atoms with Gasteiger partial charge in [0.25, 0.3) is 0 Å². The van der Waals surface area contributed by atoms with Crippen LogP contribution in [-0.4, -0.2) is 22.6 Å². The molecule has 3 N–H and O–H groups in total. The molecule has 0 saturated carbocycles. The number of ether oxygens (including phenoxy) is 2. The average molecular weight is 427 g/mol. The summed E-state index contributed by atoms with van der Waals surface area (Å²) in [6.45, 7) is 0. The van der Waals surface area contributed by atoms with Crippen LogP contribution in [0.5, 0.6) is 11.5 Å². The van der Waals surface area contributed by atoms with E-state index in [1.54, 1.807) is 18.2 Å². The number of benzene rings is 3. The maximum atomic E-state index is 13.1. The van der Waals surface area contributed by atoms with Gasteiger partial charge >= 0.3 is 0 Å². The summed E-state index contributed by atoms with van der Waals surface area (Å²) in [5, 5.41) is 0. The smallest absolute Gasteiger partial charge is 0.216 e. The first kappa shape index (κ1) is 21.8. The van der Waals surface area contributed by atoms with E-state index in [-0.39, 0.29) is 5.75 Å². The highest BCUT2D eigenvalue weighted by Crippen LogP contribution is 2.30. The highest BCUT2D eigenvalue weighted by atomic mass is 32.2. The molecule has 0 aliphatic carbocycles. The molecule has 0 heterocycles. The van der Waals surface area contributed by atoms with Crippen LogP contribution in [0.25, 0.3) is 0 Å². The molecule has 0 saturated heterocycles. The van der Waals surface area contributed by atoms with Gasteiger partial charge in [0, 0.05) is 5.56 Å². The fourth-order valence-corrected chi connectivity index (χ4v) is 4.70. The molecule has 158 valence electrons. The van der Waals surface area contributed by atoms with Gasteiger partial charge in [0.15, 0.2) is 0 Å². The lowest BCUT2D eigenvalue weighted by Gasteiger charge is -2.26. The van der Waals surface area contributed by atoms with Crippen LogP contribution in [0.2, 0.25) is 0 Å². The molecule has 3 aromatic rings. The highest BCUT2D eigenvalue weighted by molar-refractivity contribution is 7.88. The van der Waals surface area contributed by atoms with E-state index < -0.39 is 22.1 Å². The van der Waals surface area contributed by atoms with Gasteiger partial charge in [-0.25, -0.2) is 13.1 Å². The third kappa shape index (κ3) is 5.38. The van der Waals surface area contributed by atoms with Crippen molar-refractivity contribution >= 4 is 10.0 Å². The third-order valence-corrected chi connectivity index (χ3v) is 6.15. The van der Waals surface area contributed by atoms with Crippen molar-refractivity contribution in [3.05, 3.63) is 95.6 Å². The molecular weight excluding hydrogens is 400 g/mol. The number of sulfonamides is 1. The molecule has 0 radical (unpaired) electrons. The second-order valence-corrected chi connectivity index (χ2v) is 8.63. The topological polar surface area (TPSA) is 90.6 Å². The second-order valence-electron chi connectivity index (χ2n) is 6.88. The molecule has 0 fully saturated rings. The van der Waals surface area contributed by atoms with Crippen LogP contribution in [0.3, 0.4) is 0 Å². The third-order valence-electron chi connectivity index (χ3n) is 4.84. The molecule has 0 bridgehead atoms. The summed E-state index contributed by atoms with van der Waals surface area (Å²) in [5.41, 5.74) is 8.63. The number of nitrogens with two attached hydrogens (primary N) is 1. The van der Waals surface area contributed by atoms with E-state index in [1.165, 1.54) is 14.2 Å². The summed E-state index contributed by atoms with van der Waals surface area (Å²) in [6.07, 6.45) is 0. The van der Waals surface area contributed by atoms with Crippen LogP contribution in [0.4, 0.5) is 0 Å². The molecule has 0 amide bonds. The van der Waals surface area contributed by atoms with Gasteiger partial charge < -0.3 is 15.2 Å². The van der Waals surface area contributed by atoms with Crippen molar-refractivity contribution in [3.8, 4) is 11.5 Å². The van der Waals surface area contributed by atoms with Crippen LogP contribution in [0, 0.1) is 0 Å². The van der Waals surface area contributed by atoms with Crippen LogP contribution < -0.4 is 19.9 Å². The number of hydrogen-bond donors (Lipinski definition) is 2. The Labute approximate surface area is 177 Å². The molecule has 0 aliphatic heterocycles. The molecule has 6 nitrogen and oxygen atoms in total. The molecule has 3 aromatic carbocycles. The lowest BCUT2D eigenvalue weighted by Crippen LogP contribution is -2.36. The first-order valence-corrected chi connectivity index (χ1v) is 11.1. The number of methoxy groups -OCH3 is 2. The fourth-order valence-electron chi connectivity index (χ4n) is 3.31. The molecule has 0 aliphatic rings. The van der Waals surface area contributed by atoms with Crippen LogP contribution >= 0.6 is 0 Å². The zero-order chi connectivity index (χ0) is 21.6. The van der Waals surface area contributed by atoms with Gasteiger partial charge in [-0.3, -0.25) is 0 Å². The fraction of sp³-hybridized carbons (Fsp3) is 0.217. The van der Waals surface area contributed by atoms with Crippen molar-refractivity contribution in [2.45, 2.75) is 17.8 Å². The number of hydrogen-bond acceptors (Lipinski definition) is 5. The van der Waals surface area contributed by atoms with Crippen molar-refractivity contribution in [1.29, 1.82) is 0 Å². The van der Waals surface area contributed by atoms with Gasteiger partial charge in [-0.15, -0.1) is 0 Å². The lowest BCUT2D eigenvalue weighted by atomic mass is 9.95. The number of nitrogens with one attached hydrogen (secondary N) is 1. The van der Waals surface area contributed by atoms with Gasteiger partial charge in [0.05, 0.1) is 32.1 Å². The van der Waals surface area contributed by atoms with E-state index in [0.29, 0.717) is 17.1 Å². The van der Waals surface area contributed by atoms with Crippen LogP contribution in [0.15, 0.2) is 78.9 Å². The average Bonchev–Trinajstić information content (AvgIpc) is 2.78. The normalized spacial score (nSPS) is 13.4. The minimum atomic E-state index is -3.76. The second kappa shape index (κ2) is 9.75. The van der Waals surface area contributed by atoms with Gasteiger partial charge in [0.2, 0.25) is 10.0 Å². The minimum Gasteiger partial charge on any atom is -0.497 e. The standard InChI is InChI=1S/C23H26N2O4S/c1-28-20-13-14-21(29-2)19(15-20)16-30(26,27)25-23(18-11-7-4-8-12-18)22(24)17-9-5-3-6-10-17/h3-15,22-23,25H,16,24H2,1-2H3. The van der Waals surface area contributed by atoms with Crippen molar-refractivity contribution in [1.82, 2.24) is 4.72 Å². The van der Waals surface area contributed by atoms with Crippen LogP contribution in [0.1, 0.15) is 28.8 Å². The Morgan fingerprint density at radius 1 is 0.867 bits per heavy atom. The Morgan fingerprint density at radius 2 is 1.47 bits per heavy atom. The van der Waals surface area contributed by atoms with E-state index in [9.17, 15) is 8.42 Å². The summed E-state index contributed by atoms with van der Waals surface area (Å²) >= 11 is 0. The molecule has 2 atom stereocenters. The van der Waals surface area contributed by atoms with Crippen molar-refractivity contribution < 1.29 is 17.9 Å². The zero-order valence-corrected chi connectivity index (χ0v) is 17.8. The van der Waals surface area contributed by atoms with E-state index >= 15 is 0 Å². The zero-order valence-electron chi connectivity index (χ0n) is 17.0. The van der Waals surface area contributed by atoms with Gasteiger partial charge in [0.1, 0.15) is 11.5 Å². The molecule has 3 rings (SSSR count). The first-order valence-electron chi connectivity index (χ1n) is 9.50. The molecule has 0 spiro atoms. The van der Waals surface area contributed by atoms with Crippen molar-refractivity contribution in [2.75, 3.05) is 14.2 Å². The Kier molecular flexibility index (Phi) is 7.10. The largest absolute Gasteiger partial charge is 0.497 e. The molecular formula is C23H26N2O4S. The van der Waals surface area contributed by atoms with E-state index in [2.05, 4.69) is 4.72 Å². The molecule has 0 aromatic heterocycles. The SMILES string of the molecule is COc1ccc(OC)c(CS(=O)(=O)NC(c2ccccc2)C(N)c2ccccc2)c1. The summed E-state index contributed by atoms with van der Waals surface area (Å²) in [7, 11) is -0.724. The Morgan fingerprint density at radius 3 is 2.03 bits per heavy atom. The summed E-state index contributed by atoms with van der Waals surface area (Å²) in [5.74, 6) is 0.768. The van der Waals surface area contributed by atoms with E-state index in [4.69, 9.17) is 15.2 Å². The van der Waals surface area contributed by atoms with Crippen molar-refractivity contribution in [3.63, 3.8) is 0 Å². The minimum absolute atomic E-state index is 0.266. The van der Waals surface area contributed by atoms with E-state index in [1.807, 2.05) is 60.7 Å². The first-order chi connectivity index (χ1) is 14.4. The Hall–Kier alpha value is -2.87. The summed E-state index contributed by atoms with van der Waals surface area (Å²) < 4.78 is 39.6. The molecule has 7 heteroatoms.